The molecule has 1 heterocycles. The standard InChI is InChI=1S/C27H35F2N5O2/c1-27(2,3)25(34(24(36)17-35)12-11-20(31)14-30)26-32-23(21-13-19(28)9-10-22(21)29)16-33(26)15-18-7-5-4-6-8-18/h4-10,13,16,20,25,35H,11-12,14-15,17,30-31H2,1-3H3/t20-,25-/m0/s1. The van der Waals surface area contributed by atoms with Crippen molar-refractivity contribution in [3.63, 3.8) is 0 Å². The molecule has 0 aliphatic rings. The van der Waals surface area contributed by atoms with Crippen LogP contribution in [0.25, 0.3) is 11.3 Å². The summed E-state index contributed by atoms with van der Waals surface area (Å²) in [5, 5.41) is 9.78. The molecule has 5 N–H and O–H groups in total. The molecule has 0 bridgehead atoms. The molecule has 1 amide bonds. The molecule has 36 heavy (non-hydrogen) atoms. The van der Waals surface area contributed by atoms with Gasteiger partial charge >= 0.3 is 0 Å². The predicted octanol–water partition coefficient (Wildman–Crippen LogP) is 3.46. The van der Waals surface area contributed by atoms with Gasteiger partial charge in [-0.25, -0.2) is 13.8 Å². The summed E-state index contributed by atoms with van der Waals surface area (Å²) in [5.74, 6) is -1.16. The highest BCUT2D eigenvalue weighted by Crippen LogP contribution is 2.39. The minimum atomic E-state index is -0.685. The Balaban J connectivity index is 2.18. The number of aromatic nitrogens is 2. The lowest BCUT2D eigenvalue weighted by Gasteiger charge is -2.40. The highest BCUT2D eigenvalue weighted by Gasteiger charge is 2.38. The summed E-state index contributed by atoms with van der Waals surface area (Å²) in [5.41, 5.74) is 12.4. The number of imidazole rings is 1. The van der Waals surface area contributed by atoms with E-state index in [2.05, 4.69) is 0 Å². The van der Waals surface area contributed by atoms with Gasteiger partial charge in [0.2, 0.25) is 5.91 Å². The molecule has 2 atom stereocenters. The summed E-state index contributed by atoms with van der Waals surface area (Å²) in [7, 11) is 0. The second-order valence-electron chi connectivity index (χ2n) is 10.0. The summed E-state index contributed by atoms with van der Waals surface area (Å²) < 4.78 is 30.6. The largest absolute Gasteiger partial charge is 0.387 e. The number of amides is 1. The van der Waals surface area contributed by atoms with E-state index in [-0.39, 0.29) is 30.4 Å². The normalized spacial score (nSPS) is 13.4. The molecule has 0 spiro atoms. The number of carbonyl (C=O) groups is 1. The van der Waals surface area contributed by atoms with E-state index in [1.54, 1.807) is 11.1 Å². The number of hydrogen-bond donors (Lipinski definition) is 3. The third-order valence-corrected chi connectivity index (χ3v) is 6.08. The van der Waals surface area contributed by atoms with E-state index < -0.39 is 35.6 Å². The van der Waals surface area contributed by atoms with Crippen molar-refractivity contribution in [3.8, 4) is 11.3 Å². The van der Waals surface area contributed by atoms with E-state index in [0.717, 1.165) is 23.8 Å². The van der Waals surface area contributed by atoms with Crippen molar-refractivity contribution < 1.29 is 18.7 Å². The van der Waals surface area contributed by atoms with Gasteiger partial charge in [-0.15, -0.1) is 0 Å². The second-order valence-corrected chi connectivity index (χ2v) is 10.0. The molecule has 3 aromatic rings. The van der Waals surface area contributed by atoms with Gasteiger partial charge < -0.3 is 26.0 Å². The monoisotopic (exact) mass is 499 g/mol. The van der Waals surface area contributed by atoms with Gasteiger partial charge in [-0.1, -0.05) is 51.1 Å². The quantitative estimate of drug-likeness (QED) is 0.396. The predicted molar refractivity (Wildman–Crippen MR) is 136 cm³/mol. The molecule has 0 aliphatic heterocycles. The molecule has 3 rings (SSSR count). The fourth-order valence-electron chi connectivity index (χ4n) is 4.28. The smallest absolute Gasteiger partial charge is 0.248 e. The molecule has 0 radical (unpaired) electrons. The van der Waals surface area contributed by atoms with Crippen LogP contribution in [-0.2, 0) is 11.3 Å². The lowest BCUT2D eigenvalue weighted by atomic mass is 9.84. The van der Waals surface area contributed by atoms with Crippen LogP contribution in [0.15, 0.2) is 54.7 Å². The van der Waals surface area contributed by atoms with Crippen LogP contribution < -0.4 is 11.5 Å². The number of aliphatic hydroxyl groups excluding tert-OH is 1. The number of carbonyl (C=O) groups excluding carboxylic acids is 1. The van der Waals surface area contributed by atoms with Gasteiger partial charge in [-0.2, -0.15) is 0 Å². The van der Waals surface area contributed by atoms with Crippen LogP contribution in [0.3, 0.4) is 0 Å². The van der Waals surface area contributed by atoms with E-state index in [4.69, 9.17) is 16.5 Å². The number of nitrogens with zero attached hydrogens (tertiary/aromatic N) is 3. The van der Waals surface area contributed by atoms with Crippen molar-refractivity contribution in [1.82, 2.24) is 14.5 Å². The van der Waals surface area contributed by atoms with Crippen molar-refractivity contribution in [3.05, 3.63) is 77.8 Å². The summed E-state index contributed by atoms with van der Waals surface area (Å²) in [6.07, 6.45) is 2.10. The minimum absolute atomic E-state index is 0.0286. The third kappa shape index (κ3) is 6.54. The van der Waals surface area contributed by atoms with Crippen LogP contribution in [0.5, 0.6) is 0 Å². The molecule has 7 nitrogen and oxygen atoms in total. The topological polar surface area (TPSA) is 110 Å². The molecular formula is C27H35F2N5O2. The zero-order valence-electron chi connectivity index (χ0n) is 21.0. The van der Waals surface area contributed by atoms with Gasteiger partial charge in [0.25, 0.3) is 0 Å². The Hall–Kier alpha value is -3.14. The van der Waals surface area contributed by atoms with Gasteiger partial charge in [0.05, 0.1) is 11.7 Å². The Morgan fingerprint density at radius 2 is 1.86 bits per heavy atom. The molecule has 0 unspecified atom stereocenters. The molecule has 0 saturated carbocycles. The van der Waals surface area contributed by atoms with Gasteiger partial charge in [0.15, 0.2) is 0 Å². The highest BCUT2D eigenvalue weighted by molar-refractivity contribution is 5.77. The van der Waals surface area contributed by atoms with E-state index in [0.29, 0.717) is 18.8 Å². The Kier molecular flexibility index (Phi) is 8.94. The minimum Gasteiger partial charge on any atom is -0.387 e. The van der Waals surface area contributed by atoms with Gasteiger partial charge in [-0.3, -0.25) is 4.79 Å². The number of rotatable bonds is 10. The summed E-state index contributed by atoms with van der Waals surface area (Å²) in [4.78, 5) is 19.3. The zero-order valence-corrected chi connectivity index (χ0v) is 21.0. The van der Waals surface area contributed by atoms with Gasteiger partial charge in [-0.05, 0) is 35.6 Å². The first kappa shape index (κ1) is 27.4. The lowest BCUT2D eigenvalue weighted by molar-refractivity contribution is -0.139. The molecule has 0 saturated heterocycles. The van der Waals surface area contributed by atoms with E-state index >= 15 is 0 Å². The number of nitrogens with two attached hydrogens (primary N) is 2. The molecular weight excluding hydrogens is 464 g/mol. The van der Waals surface area contributed by atoms with Crippen molar-refractivity contribution in [2.24, 2.45) is 16.9 Å². The van der Waals surface area contributed by atoms with Crippen molar-refractivity contribution in [1.29, 1.82) is 0 Å². The van der Waals surface area contributed by atoms with Gasteiger partial charge in [0, 0.05) is 37.4 Å². The van der Waals surface area contributed by atoms with Crippen molar-refractivity contribution in [2.75, 3.05) is 19.7 Å². The fourth-order valence-corrected chi connectivity index (χ4v) is 4.28. The van der Waals surface area contributed by atoms with Crippen LogP contribution in [-0.4, -0.2) is 51.2 Å². The Morgan fingerprint density at radius 3 is 2.47 bits per heavy atom. The first-order valence-corrected chi connectivity index (χ1v) is 12.0. The fraction of sp³-hybridized carbons (Fsp3) is 0.407. The summed E-state index contributed by atoms with van der Waals surface area (Å²) >= 11 is 0. The average Bonchev–Trinajstić information content (AvgIpc) is 3.24. The summed E-state index contributed by atoms with van der Waals surface area (Å²) in [6.45, 7) is 6.10. The second kappa shape index (κ2) is 11.7. The lowest BCUT2D eigenvalue weighted by Crippen LogP contribution is -2.46. The number of benzene rings is 2. The summed E-state index contributed by atoms with van der Waals surface area (Å²) in [6, 6.07) is 12.0. The van der Waals surface area contributed by atoms with Crippen molar-refractivity contribution >= 4 is 5.91 Å². The highest BCUT2D eigenvalue weighted by atomic mass is 19.1. The molecule has 194 valence electrons. The maximum absolute atomic E-state index is 14.7. The Labute approximate surface area is 210 Å². The van der Waals surface area contributed by atoms with Crippen LogP contribution in [0.1, 0.15) is 44.6 Å². The Bertz CT molecular complexity index is 1160. The first-order valence-electron chi connectivity index (χ1n) is 12.0. The van der Waals surface area contributed by atoms with Crippen LogP contribution >= 0.6 is 0 Å². The Morgan fingerprint density at radius 1 is 1.17 bits per heavy atom. The molecule has 9 heteroatoms. The molecule has 0 aliphatic carbocycles. The maximum atomic E-state index is 14.7. The molecule has 0 fully saturated rings. The van der Waals surface area contributed by atoms with Crippen LogP contribution in [0, 0.1) is 17.0 Å². The van der Waals surface area contributed by atoms with E-state index in [1.165, 1.54) is 0 Å². The number of hydrogen-bond acceptors (Lipinski definition) is 5. The van der Waals surface area contributed by atoms with Crippen molar-refractivity contribution in [2.45, 2.75) is 45.8 Å². The van der Waals surface area contributed by atoms with E-state index in [9.17, 15) is 18.7 Å². The average molecular weight is 500 g/mol. The maximum Gasteiger partial charge on any atom is 0.248 e. The number of aliphatic hydroxyl groups is 1. The third-order valence-electron chi connectivity index (χ3n) is 6.08. The van der Waals surface area contributed by atoms with E-state index in [1.807, 2.05) is 55.7 Å². The van der Waals surface area contributed by atoms with Gasteiger partial charge in [0.1, 0.15) is 24.1 Å². The SMILES string of the molecule is CC(C)(C)[C@H](c1nc(-c2cc(F)ccc2F)cn1Cc1ccccc1)N(CC[C@H](N)CN)C(=O)CO. The van der Waals surface area contributed by atoms with Crippen LogP contribution in [0.2, 0.25) is 0 Å². The first-order chi connectivity index (χ1) is 17.0. The zero-order chi connectivity index (χ0) is 26.5. The number of halogens is 2. The molecule has 1 aromatic heterocycles. The van der Waals surface area contributed by atoms with Crippen LogP contribution in [0.4, 0.5) is 8.78 Å². The molecule has 2 aromatic carbocycles.